The number of carbonyl (C=O) groups excluding carboxylic acids is 1. The molecule has 0 spiro atoms. The lowest BCUT2D eigenvalue weighted by Gasteiger charge is -2.19. The summed E-state index contributed by atoms with van der Waals surface area (Å²) in [4.78, 5) is 11.5. The van der Waals surface area contributed by atoms with Gasteiger partial charge in [-0.15, -0.1) is 0 Å². The van der Waals surface area contributed by atoms with Gasteiger partial charge in [0.1, 0.15) is 11.5 Å². The van der Waals surface area contributed by atoms with Gasteiger partial charge in [-0.1, -0.05) is 6.92 Å². The van der Waals surface area contributed by atoms with Crippen LogP contribution in [0.4, 0.5) is 0 Å². The Kier molecular flexibility index (Phi) is 7.61. The highest BCUT2D eigenvalue weighted by molar-refractivity contribution is 5.70. The van der Waals surface area contributed by atoms with E-state index in [1.165, 1.54) is 7.11 Å². The summed E-state index contributed by atoms with van der Waals surface area (Å²) >= 11 is 0. The standard InChI is InChI=1S/C16H25NO4/c1-5-8-17-13(11-16(18)21-4)9-12-10-14(19-2)6-7-15(12)20-3/h6-7,10,13,17H,5,8-9,11H2,1-4H3. The van der Waals surface area contributed by atoms with E-state index in [0.717, 1.165) is 30.0 Å². The Morgan fingerprint density at radius 1 is 1.24 bits per heavy atom. The average Bonchev–Trinajstić information content (AvgIpc) is 2.52. The predicted molar refractivity (Wildman–Crippen MR) is 82.0 cm³/mol. The Morgan fingerprint density at radius 2 is 2.00 bits per heavy atom. The summed E-state index contributed by atoms with van der Waals surface area (Å²) in [5, 5.41) is 3.37. The maximum atomic E-state index is 11.5. The van der Waals surface area contributed by atoms with Crippen molar-refractivity contribution >= 4 is 5.97 Å². The first-order valence-corrected chi connectivity index (χ1v) is 7.15. The van der Waals surface area contributed by atoms with Crippen molar-refractivity contribution in [2.45, 2.75) is 32.2 Å². The van der Waals surface area contributed by atoms with Crippen LogP contribution in [-0.2, 0) is 16.0 Å². The molecule has 0 radical (unpaired) electrons. The van der Waals surface area contributed by atoms with Crippen LogP contribution in [0.2, 0.25) is 0 Å². The molecule has 118 valence electrons. The van der Waals surface area contributed by atoms with Crippen LogP contribution < -0.4 is 14.8 Å². The van der Waals surface area contributed by atoms with E-state index in [0.29, 0.717) is 12.8 Å². The lowest BCUT2D eigenvalue weighted by molar-refractivity contribution is -0.141. The van der Waals surface area contributed by atoms with Crippen molar-refractivity contribution in [3.05, 3.63) is 23.8 Å². The van der Waals surface area contributed by atoms with Gasteiger partial charge < -0.3 is 19.5 Å². The highest BCUT2D eigenvalue weighted by Crippen LogP contribution is 2.25. The first kappa shape index (κ1) is 17.3. The lowest BCUT2D eigenvalue weighted by Crippen LogP contribution is -2.34. The molecule has 0 saturated carbocycles. The number of hydrogen-bond acceptors (Lipinski definition) is 5. The van der Waals surface area contributed by atoms with Crippen molar-refractivity contribution in [2.75, 3.05) is 27.9 Å². The zero-order valence-corrected chi connectivity index (χ0v) is 13.3. The fraction of sp³-hybridized carbons (Fsp3) is 0.562. The second-order valence-electron chi connectivity index (χ2n) is 4.81. The van der Waals surface area contributed by atoms with Gasteiger partial charge in [-0.05, 0) is 43.1 Å². The normalized spacial score (nSPS) is 11.8. The van der Waals surface area contributed by atoms with E-state index in [9.17, 15) is 4.79 Å². The Morgan fingerprint density at radius 3 is 2.57 bits per heavy atom. The van der Waals surface area contributed by atoms with Gasteiger partial charge in [-0.25, -0.2) is 0 Å². The molecule has 0 bridgehead atoms. The van der Waals surface area contributed by atoms with E-state index < -0.39 is 0 Å². The minimum absolute atomic E-state index is 0.0124. The molecular formula is C16H25NO4. The summed E-state index contributed by atoms with van der Waals surface area (Å²) in [5.74, 6) is 1.35. The minimum Gasteiger partial charge on any atom is -0.497 e. The number of hydrogen-bond donors (Lipinski definition) is 1. The minimum atomic E-state index is -0.217. The van der Waals surface area contributed by atoms with E-state index in [-0.39, 0.29) is 12.0 Å². The quantitative estimate of drug-likeness (QED) is 0.708. The van der Waals surface area contributed by atoms with E-state index in [4.69, 9.17) is 14.2 Å². The SMILES string of the molecule is CCCNC(CC(=O)OC)Cc1cc(OC)ccc1OC. The van der Waals surface area contributed by atoms with Crippen LogP contribution >= 0.6 is 0 Å². The van der Waals surface area contributed by atoms with Gasteiger partial charge in [-0.2, -0.15) is 0 Å². The number of methoxy groups -OCH3 is 3. The highest BCUT2D eigenvalue weighted by Gasteiger charge is 2.17. The van der Waals surface area contributed by atoms with Crippen LogP contribution in [0.1, 0.15) is 25.3 Å². The maximum Gasteiger partial charge on any atom is 0.307 e. The molecule has 1 atom stereocenters. The van der Waals surface area contributed by atoms with Crippen molar-refractivity contribution < 1.29 is 19.0 Å². The van der Waals surface area contributed by atoms with Gasteiger partial charge in [0.05, 0.1) is 27.8 Å². The number of esters is 1. The number of benzene rings is 1. The fourth-order valence-electron chi connectivity index (χ4n) is 2.16. The summed E-state index contributed by atoms with van der Waals surface area (Å²) in [5.41, 5.74) is 1.01. The third-order valence-electron chi connectivity index (χ3n) is 3.28. The Balaban J connectivity index is 2.87. The summed E-state index contributed by atoms with van der Waals surface area (Å²) in [6.45, 7) is 2.95. The summed E-state index contributed by atoms with van der Waals surface area (Å²) < 4.78 is 15.4. The van der Waals surface area contributed by atoms with Crippen molar-refractivity contribution in [1.82, 2.24) is 5.32 Å². The molecule has 0 saturated heterocycles. The summed E-state index contributed by atoms with van der Waals surface area (Å²) in [6.07, 6.45) is 2.01. The van der Waals surface area contributed by atoms with Crippen molar-refractivity contribution in [1.29, 1.82) is 0 Å². The smallest absolute Gasteiger partial charge is 0.307 e. The molecule has 0 aromatic heterocycles. The topological polar surface area (TPSA) is 56.8 Å². The molecule has 1 aromatic rings. The molecule has 5 heteroatoms. The van der Waals surface area contributed by atoms with Crippen molar-refractivity contribution in [3.8, 4) is 11.5 Å². The largest absolute Gasteiger partial charge is 0.497 e. The van der Waals surface area contributed by atoms with Gasteiger partial charge in [0.25, 0.3) is 0 Å². The molecule has 0 aliphatic carbocycles. The molecule has 0 fully saturated rings. The monoisotopic (exact) mass is 295 g/mol. The van der Waals surface area contributed by atoms with Gasteiger partial charge in [-0.3, -0.25) is 4.79 Å². The highest BCUT2D eigenvalue weighted by atomic mass is 16.5. The van der Waals surface area contributed by atoms with Gasteiger partial charge in [0.2, 0.25) is 0 Å². The zero-order chi connectivity index (χ0) is 15.7. The third kappa shape index (κ3) is 5.63. The van der Waals surface area contributed by atoms with Crippen LogP contribution in [0.25, 0.3) is 0 Å². The molecule has 0 heterocycles. The van der Waals surface area contributed by atoms with Crippen molar-refractivity contribution in [2.24, 2.45) is 0 Å². The fourth-order valence-corrected chi connectivity index (χ4v) is 2.16. The average molecular weight is 295 g/mol. The van der Waals surface area contributed by atoms with Crippen molar-refractivity contribution in [3.63, 3.8) is 0 Å². The van der Waals surface area contributed by atoms with E-state index in [1.807, 2.05) is 18.2 Å². The summed E-state index contributed by atoms with van der Waals surface area (Å²) in [7, 11) is 4.68. The molecule has 1 aromatic carbocycles. The van der Waals surface area contributed by atoms with Crippen LogP contribution in [0.5, 0.6) is 11.5 Å². The number of ether oxygens (including phenoxy) is 3. The number of carbonyl (C=O) groups is 1. The number of rotatable bonds is 9. The number of nitrogens with one attached hydrogen (secondary N) is 1. The Labute approximate surface area is 126 Å². The molecular weight excluding hydrogens is 270 g/mol. The Bertz CT molecular complexity index is 448. The third-order valence-corrected chi connectivity index (χ3v) is 3.28. The molecule has 1 N–H and O–H groups in total. The maximum absolute atomic E-state index is 11.5. The summed E-state index contributed by atoms with van der Waals surface area (Å²) in [6, 6.07) is 5.69. The van der Waals surface area contributed by atoms with Gasteiger partial charge in [0.15, 0.2) is 0 Å². The second kappa shape index (κ2) is 9.23. The second-order valence-corrected chi connectivity index (χ2v) is 4.81. The molecule has 5 nitrogen and oxygen atoms in total. The van der Waals surface area contributed by atoms with Gasteiger partial charge in [0, 0.05) is 6.04 Å². The predicted octanol–water partition coefficient (Wildman–Crippen LogP) is 2.18. The lowest BCUT2D eigenvalue weighted by atomic mass is 10.0. The molecule has 0 aliphatic heterocycles. The van der Waals surface area contributed by atoms with Gasteiger partial charge >= 0.3 is 5.97 Å². The molecule has 0 amide bonds. The molecule has 1 unspecified atom stereocenters. The first-order valence-electron chi connectivity index (χ1n) is 7.15. The van der Waals surface area contributed by atoms with E-state index in [1.54, 1.807) is 14.2 Å². The van der Waals surface area contributed by atoms with Crippen LogP contribution in [0.3, 0.4) is 0 Å². The first-order chi connectivity index (χ1) is 10.1. The Hall–Kier alpha value is -1.75. The van der Waals surface area contributed by atoms with Crippen LogP contribution in [-0.4, -0.2) is 39.9 Å². The molecule has 1 rings (SSSR count). The van der Waals surface area contributed by atoms with E-state index in [2.05, 4.69) is 12.2 Å². The van der Waals surface area contributed by atoms with Crippen LogP contribution in [0, 0.1) is 0 Å². The zero-order valence-electron chi connectivity index (χ0n) is 13.3. The molecule has 21 heavy (non-hydrogen) atoms. The van der Waals surface area contributed by atoms with Crippen LogP contribution in [0.15, 0.2) is 18.2 Å². The van der Waals surface area contributed by atoms with E-state index >= 15 is 0 Å². The molecule has 0 aliphatic rings.